The van der Waals surface area contributed by atoms with Gasteiger partial charge >= 0.3 is 0 Å². The van der Waals surface area contributed by atoms with Gasteiger partial charge in [0.2, 0.25) is 6.41 Å². The minimum absolute atomic E-state index is 0.285. The largest absolute Gasteiger partial charge is 0.343 e. The van der Waals surface area contributed by atoms with Crippen molar-refractivity contribution in [1.82, 2.24) is 5.32 Å². The molecular weight excluding hydrogens is 118 g/mol. The monoisotopic (exact) mass is 132 g/mol. The van der Waals surface area contributed by atoms with Crippen LogP contribution in [0.2, 0.25) is 0 Å². The van der Waals surface area contributed by atoms with Gasteiger partial charge in [0.25, 0.3) is 0 Å². The Balaban J connectivity index is 3.09. The second-order valence-corrected chi connectivity index (χ2v) is 1.61. The molecule has 0 heterocycles. The molecule has 55 valence electrons. The predicted molar refractivity (Wildman–Crippen MR) is 35.8 cm³/mol. The summed E-state index contributed by atoms with van der Waals surface area (Å²) in [6.07, 6.45) is 0.551. The van der Waals surface area contributed by atoms with Gasteiger partial charge in [-0.05, 0) is 13.0 Å². The summed E-state index contributed by atoms with van der Waals surface area (Å²) in [5.74, 6) is 0. The Bertz CT molecular complexity index is 55.0. The Kier molecular flexibility index (Phi) is 5.93. The van der Waals surface area contributed by atoms with Crippen molar-refractivity contribution in [3.63, 3.8) is 0 Å². The summed E-state index contributed by atoms with van der Waals surface area (Å²) in [5.41, 5.74) is 0. The van der Waals surface area contributed by atoms with E-state index in [0.29, 0.717) is 0 Å². The Morgan fingerprint density at radius 3 is 2.33 bits per heavy atom. The molecule has 0 aromatic carbocycles. The molecule has 0 fully saturated rings. The maximum Gasteiger partial charge on any atom is 0.215 e. The molecule has 9 heavy (non-hydrogen) atoms. The van der Waals surface area contributed by atoms with Gasteiger partial charge < -0.3 is 9.47 Å². The topological polar surface area (TPSA) is 30.5 Å². The first kappa shape index (κ1) is 8.88. The summed E-state index contributed by atoms with van der Waals surface area (Å²) in [6, 6.07) is 0. The Morgan fingerprint density at radius 2 is 2.00 bits per heavy atom. The molecule has 0 amide bonds. The van der Waals surface area contributed by atoms with Gasteiger partial charge in [0.15, 0.2) is 0 Å². The molecule has 0 bridgehead atoms. The molecule has 3 nitrogen and oxygen atoms in total. The molecule has 0 aliphatic rings. The average Bonchev–Trinajstić information content (AvgIpc) is 1.91. The fourth-order valence-corrected chi connectivity index (χ4v) is 0.483. The number of hydrogen-bond acceptors (Lipinski definition) is 3. The van der Waals surface area contributed by atoms with E-state index in [-0.39, 0.29) is 6.41 Å². The highest BCUT2D eigenvalue weighted by Crippen LogP contribution is 1.83. The molecule has 0 unspecified atom stereocenters. The average molecular weight is 132 g/mol. The number of rotatable bonds is 5. The Hall–Kier alpha value is -0.120. The van der Waals surface area contributed by atoms with E-state index in [1.54, 1.807) is 14.2 Å². The van der Waals surface area contributed by atoms with E-state index >= 15 is 0 Å². The summed E-state index contributed by atoms with van der Waals surface area (Å²) in [5, 5.41) is 2.96. The summed E-state index contributed by atoms with van der Waals surface area (Å²) in [4.78, 5) is 0. The van der Waals surface area contributed by atoms with Crippen LogP contribution in [0.15, 0.2) is 0 Å². The van der Waals surface area contributed by atoms with Crippen LogP contribution in [-0.2, 0) is 9.47 Å². The Morgan fingerprint density at radius 1 is 1.44 bits per heavy atom. The van der Waals surface area contributed by atoms with E-state index in [0.717, 1.165) is 13.0 Å². The third kappa shape index (κ3) is 4.39. The van der Waals surface area contributed by atoms with Gasteiger partial charge in [-0.2, -0.15) is 0 Å². The van der Waals surface area contributed by atoms with Gasteiger partial charge in [-0.1, -0.05) is 6.92 Å². The van der Waals surface area contributed by atoms with E-state index in [1.165, 1.54) is 0 Å². The van der Waals surface area contributed by atoms with Gasteiger partial charge in [-0.25, -0.2) is 0 Å². The summed E-state index contributed by atoms with van der Waals surface area (Å²) in [6.45, 7) is 4.46. The highest BCUT2D eigenvalue weighted by Gasteiger charge is 1.99. The van der Waals surface area contributed by atoms with Crippen LogP contribution >= 0.6 is 0 Å². The Labute approximate surface area is 56.3 Å². The van der Waals surface area contributed by atoms with E-state index in [1.807, 2.05) is 0 Å². The molecule has 0 aliphatic carbocycles. The predicted octanol–water partition coefficient (Wildman–Crippen LogP) is 0.377. The molecule has 0 aromatic rings. The first-order valence-electron chi connectivity index (χ1n) is 2.93. The van der Waals surface area contributed by atoms with Crippen LogP contribution in [0.1, 0.15) is 6.42 Å². The van der Waals surface area contributed by atoms with Crippen LogP contribution < -0.4 is 5.32 Å². The van der Waals surface area contributed by atoms with Gasteiger partial charge in [0, 0.05) is 14.2 Å². The molecule has 0 aliphatic heterocycles. The molecule has 3 heteroatoms. The lowest BCUT2D eigenvalue weighted by Crippen LogP contribution is -2.32. The molecule has 0 aromatic heterocycles. The van der Waals surface area contributed by atoms with Crippen molar-refractivity contribution < 1.29 is 9.47 Å². The minimum atomic E-state index is -0.285. The van der Waals surface area contributed by atoms with Crippen molar-refractivity contribution in [3.8, 4) is 0 Å². The molecular formula is C6H14NO2. The summed E-state index contributed by atoms with van der Waals surface area (Å²) >= 11 is 0. The molecule has 1 radical (unpaired) electrons. The molecule has 1 N–H and O–H groups in total. The van der Waals surface area contributed by atoms with Gasteiger partial charge in [-0.3, -0.25) is 5.32 Å². The first-order valence-corrected chi connectivity index (χ1v) is 2.93. The van der Waals surface area contributed by atoms with Crippen LogP contribution in [-0.4, -0.2) is 27.2 Å². The summed E-state index contributed by atoms with van der Waals surface area (Å²) < 4.78 is 9.68. The third-order valence-electron chi connectivity index (χ3n) is 0.916. The number of nitrogens with one attached hydrogen (secondary N) is 1. The standard InChI is InChI=1S/C6H14NO2/c1-4-5-7-6(8-2)9-3/h6-7H,1,4-5H2,2-3H3. The quantitative estimate of drug-likeness (QED) is 0.548. The zero-order valence-corrected chi connectivity index (χ0v) is 6.02. The van der Waals surface area contributed by atoms with Gasteiger partial charge in [0.1, 0.15) is 0 Å². The molecule has 0 saturated heterocycles. The van der Waals surface area contributed by atoms with Gasteiger partial charge in [0.05, 0.1) is 0 Å². The number of hydrogen-bond donors (Lipinski definition) is 1. The molecule has 0 saturated carbocycles. The highest BCUT2D eigenvalue weighted by atomic mass is 16.7. The normalized spacial score (nSPS) is 10.7. The second kappa shape index (κ2) is 6.01. The first-order chi connectivity index (χ1) is 4.35. The van der Waals surface area contributed by atoms with Crippen molar-refractivity contribution in [2.45, 2.75) is 12.8 Å². The molecule has 0 spiro atoms. The van der Waals surface area contributed by atoms with Crippen LogP contribution in [0, 0.1) is 6.92 Å². The number of ether oxygens (including phenoxy) is 2. The van der Waals surface area contributed by atoms with Gasteiger partial charge in [-0.15, -0.1) is 0 Å². The van der Waals surface area contributed by atoms with Crippen molar-refractivity contribution in [1.29, 1.82) is 0 Å². The number of methoxy groups -OCH3 is 2. The molecule has 0 atom stereocenters. The maximum absolute atomic E-state index is 4.84. The van der Waals surface area contributed by atoms with E-state index in [2.05, 4.69) is 12.2 Å². The van der Waals surface area contributed by atoms with E-state index in [4.69, 9.17) is 9.47 Å². The van der Waals surface area contributed by atoms with Crippen LogP contribution in [0.3, 0.4) is 0 Å². The zero-order chi connectivity index (χ0) is 7.11. The lowest BCUT2D eigenvalue weighted by molar-refractivity contribution is -0.122. The van der Waals surface area contributed by atoms with Crippen molar-refractivity contribution in [2.24, 2.45) is 0 Å². The van der Waals surface area contributed by atoms with Crippen LogP contribution in [0.25, 0.3) is 0 Å². The van der Waals surface area contributed by atoms with Crippen molar-refractivity contribution in [2.75, 3.05) is 20.8 Å². The van der Waals surface area contributed by atoms with E-state index < -0.39 is 0 Å². The third-order valence-corrected chi connectivity index (χ3v) is 0.916. The minimum Gasteiger partial charge on any atom is -0.343 e. The lowest BCUT2D eigenvalue weighted by Gasteiger charge is -2.13. The fourth-order valence-electron chi connectivity index (χ4n) is 0.483. The van der Waals surface area contributed by atoms with Crippen molar-refractivity contribution in [3.05, 3.63) is 6.92 Å². The van der Waals surface area contributed by atoms with Crippen LogP contribution in [0.5, 0.6) is 0 Å². The second-order valence-electron chi connectivity index (χ2n) is 1.61. The maximum atomic E-state index is 4.84. The smallest absolute Gasteiger partial charge is 0.215 e. The fraction of sp³-hybridized carbons (Fsp3) is 0.833. The zero-order valence-electron chi connectivity index (χ0n) is 6.02. The highest BCUT2D eigenvalue weighted by molar-refractivity contribution is 4.45. The lowest BCUT2D eigenvalue weighted by atomic mass is 10.5. The van der Waals surface area contributed by atoms with E-state index in [9.17, 15) is 0 Å². The van der Waals surface area contributed by atoms with Crippen LogP contribution in [0.4, 0.5) is 0 Å². The SMILES string of the molecule is [CH2]CCNC(OC)OC. The van der Waals surface area contributed by atoms with Crippen molar-refractivity contribution >= 4 is 0 Å². The summed E-state index contributed by atoms with van der Waals surface area (Å²) in [7, 11) is 3.18. The molecule has 0 rings (SSSR count).